The molecular formula is C18H27NO2. The van der Waals surface area contributed by atoms with Gasteiger partial charge in [-0.3, -0.25) is 4.79 Å². The third-order valence-electron chi connectivity index (χ3n) is 4.37. The molecule has 21 heavy (non-hydrogen) atoms. The molecule has 3 heteroatoms. The van der Waals surface area contributed by atoms with Crippen molar-refractivity contribution < 1.29 is 9.53 Å². The van der Waals surface area contributed by atoms with Crippen molar-refractivity contribution in [3.05, 3.63) is 21.8 Å². The van der Waals surface area contributed by atoms with Crippen molar-refractivity contribution in [1.82, 2.24) is 4.57 Å². The maximum atomic E-state index is 11.3. The smallest absolute Gasteiger partial charge is 0.305 e. The van der Waals surface area contributed by atoms with Crippen molar-refractivity contribution in [3.63, 3.8) is 0 Å². The molecule has 0 spiro atoms. The zero-order valence-electron chi connectivity index (χ0n) is 13.2. The maximum absolute atomic E-state index is 11.3. The molecule has 0 unspecified atom stereocenters. The zero-order chi connectivity index (χ0) is 15.2. The lowest BCUT2D eigenvalue weighted by Crippen LogP contribution is -2.27. The van der Waals surface area contributed by atoms with Crippen LogP contribution < -0.4 is 10.6 Å². The molecule has 0 fully saturated rings. The summed E-state index contributed by atoms with van der Waals surface area (Å²) in [6, 6.07) is 0. The van der Waals surface area contributed by atoms with Gasteiger partial charge in [0.25, 0.3) is 0 Å². The minimum absolute atomic E-state index is 0.0752. The first-order chi connectivity index (χ1) is 10.1. The SMILES string of the molecule is C=c1c2c(n(CCCCCC(=O)OCC)c1=C)CCCC2. The van der Waals surface area contributed by atoms with E-state index in [-0.39, 0.29) is 5.97 Å². The fourth-order valence-electron chi connectivity index (χ4n) is 3.23. The highest BCUT2D eigenvalue weighted by molar-refractivity contribution is 5.69. The first-order valence-corrected chi connectivity index (χ1v) is 8.19. The summed E-state index contributed by atoms with van der Waals surface area (Å²) in [5, 5.41) is 2.24. The predicted octanol–water partition coefficient (Wildman–Crippen LogP) is 2.31. The number of rotatable bonds is 7. The van der Waals surface area contributed by atoms with Crippen LogP contribution in [0, 0.1) is 0 Å². The maximum Gasteiger partial charge on any atom is 0.305 e. The van der Waals surface area contributed by atoms with Crippen LogP contribution >= 0.6 is 0 Å². The summed E-state index contributed by atoms with van der Waals surface area (Å²) in [5.74, 6) is -0.0752. The molecule has 0 aromatic carbocycles. The largest absolute Gasteiger partial charge is 0.466 e. The van der Waals surface area contributed by atoms with Crippen molar-refractivity contribution in [2.75, 3.05) is 6.61 Å². The molecule has 1 aliphatic rings. The molecule has 0 atom stereocenters. The summed E-state index contributed by atoms with van der Waals surface area (Å²) < 4.78 is 7.30. The lowest BCUT2D eigenvalue weighted by molar-refractivity contribution is -0.143. The van der Waals surface area contributed by atoms with Crippen LogP contribution in [0.25, 0.3) is 13.2 Å². The van der Waals surface area contributed by atoms with Crippen molar-refractivity contribution in [2.24, 2.45) is 0 Å². The van der Waals surface area contributed by atoms with E-state index in [1.807, 2.05) is 6.92 Å². The number of hydrogen-bond donors (Lipinski definition) is 0. The molecule has 0 bridgehead atoms. The second-order valence-electron chi connectivity index (χ2n) is 5.82. The molecule has 1 aromatic heterocycles. The van der Waals surface area contributed by atoms with Crippen LogP contribution in [0.2, 0.25) is 0 Å². The number of unbranched alkanes of at least 4 members (excludes halogenated alkanes) is 2. The molecule has 1 heterocycles. The quantitative estimate of drug-likeness (QED) is 0.570. The Kier molecular flexibility index (Phi) is 5.66. The highest BCUT2D eigenvalue weighted by Crippen LogP contribution is 2.17. The van der Waals surface area contributed by atoms with Crippen molar-refractivity contribution in [1.29, 1.82) is 0 Å². The average Bonchev–Trinajstić information content (AvgIpc) is 2.72. The molecule has 116 valence electrons. The van der Waals surface area contributed by atoms with E-state index in [2.05, 4.69) is 17.7 Å². The predicted molar refractivity (Wildman–Crippen MR) is 86.5 cm³/mol. The van der Waals surface area contributed by atoms with Crippen LogP contribution in [0.1, 0.15) is 56.7 Å². The van der Waals surface area contributed by atoms with Gasteiger partial charge in [-0.05, 0) is 56.2 Å². The summed E-state index contributed by atoms with van der Waals surface area (Å²) in [4.78, 5) is 11.3. The zero-order valence-corrected chi connectivity index (χ0v) is 13.2. The van der Waals surface area contributed by atoms with Gasteiger partial charge in [0.15, 0.2) is 0 Å². The summed E-state index contributed by atoms with van der Waals surface area (Å²) in [6.07, 6.45) is 8.46. The minimum atomic E-state index is -0.0752. The first kappa shape index (κ1) is 15.9. The lowest BCUT2D eigenvalue weighted by atomic mass is 9.97. The van der Waals surface area contributed by atoms with Gasteiger partial charge in [0, 0.05) is 24.0 Å². The number of fused-ring (bicyclic) bond motifs is 1. The molecule has 0 N–H and O–H groups in total. The van der Waals surface area contributed by atoms with Gasteiger partial charge in [-0.25, -0.2) is 0 Å². The number of carbonyl (C=O) groups excluding carboxylic acids is 1. The van der Waals surface area contributed by atoms with Crippen LogP contribution in [0.3, 0.4) is 0 Å². The second-order valence-corrected chi connectivity index (χ2v) is 5.82. The van der Waals surface area contributed by atoms with Gasteiger partial charge in [-0.2, -0.15) is 0 Å². The molecule has 1 aliphatic carbocycles. The van der Waals surface area contributed by atoms with Crippen LogP contribution in [0.4, 0.5) is 0 Å². The molecule has 1 aromatic rings. The van der Waals surface area contributed by atoms with E-state index in [1.54, 1.807) is 0 Å². The molecule has 3 nitrogen and oxygen atoms in total. The van der Waals surface area contributed by atoms with Crippen LogP contribution in [0.5, 0.6) is 0 Å². The summed E-state index contributed by atoms with van der Waals surface area (Å²) in [5.41, 5.74) is 2.90. The standard InChI is InChI=1S/C18H27NO2/c1-4-21-18(20)12-6-5-9-13-19-15(3)14(2)16-10-7-8-11-17(16)19/h2-13H2,1H3. The molecule has 0 radical (unpaired) electrons. The normalized spacial score (nSPS) is 14.0. The number of carbonyl (C=O) groups is 1. The molecule has 0 saturated heterocycles. The van der Waals surface area contributed by atoms with Gasteiger partial charge in [-0.15, -0.1) is 0 Å². The molecule has 0 aliphatic heterocycles. The van der Waals surface area contributed by atoms with E-state index in [4.69, 9.17) is 4.74 Å². The van der Waals surface area contributed by atoms with Gasteiger partial charge in [0.1, 0.15) is 0 Å². The number of hydrogen-bond acceptors (Lipinski definition) is 2. The van der Waals surface area contributed by atoms with E-state index in [1.165, 1.54) is 24.1 Å². The topological polar surface area (TPSA) is 31.2 Å². The Labute approximate surface area is 127 Å². The average molecular weight is 289 g/mol. The molecule has 0 amide bonds. The molecular weight excluding hydrogens is 262 g/mol. The number of ether oxygens (including phenoxy) is 1. The third-order valence-corrected chi connectivity index (χ3v) is 4.37. The van der Waals surface area contributed by atoms with E-state index in [0.29, 0.717) is 13.0 Å². The van der Waals surface area contributed by atoms with E-state index < -0.39 is 0 Å². The number of esters is 1. The van der Waals surface area contributed by atoms with Crippen molar-refractivity contribution >= 4 is 19.1 Å². The number of aromatic nitrogens is 1. The summed E-state index contributed by atoms with van der Waals surface area (Å²) in [7, 11) is 0. The van der Waals surface area contributed by atoms with E-state index in [9.17, 15) is 4.79 Å². The Morgan fingerprint density at radius 1 is 1.19 bits per heavy atom. The summed E-state index contributed by atoms with van der Waals surface area (Å²) in [6.45, 7) is 11.7. The van der Waals surface area contributed by atoms with E-state index >= 15 is 0 Å². The Morgan fingerprint density at radius 3 is 2.71 bits per heavy atom. The highest BCUT2D eigenvalue weighted by Gasteiger charge is 2.16. The van der Waals surface area contributed by atoms with Gasteiger partial charge in [0.2, 0.25) is 0 Å². The Hall–Kier alpha value is -1.51. The fourth-order valence-corrected chi connectivity index (χ4v) is 3.23. The molecule has 0 saturated carbocycles. The Balaban J connectivity index is 1.85. The summed E-state index contributed by atoms with van der Waals surface area (Å²) >= 11 is 0. The Morgan fingerprint density at radius 2 is 1.95 bits per heavy atom. The van der Waals surface area contributed by atoms with Crippen molar-refractivity contribution in [2.45, 2.75) is 64.8 Å². The number of nitrogens with zero attached hydrogens (tertiary/aromatic N) is 1. The van der Waals surface area contributed by atoms with Gasteiger partial charge in [0.05, 0.1) is 6.61 Å². The van der Waals surface area contributed by atoms with E-state index in [0.717, 1.165) is 49.2 Å². The van der Waals surface area contributed by atoms with Crippen LogP contribution in [-0.4, -0.2) is 17.1 Å². The molecule has 2 rings (SSSR count). The van der Waals surface area contributed by atoms with Gasteiger partial charge < -0.3 is 9.30 Å². The minimum Gasteiger partial charge on any atom is -0.466 e. The van der Waals surface area contributed by atoms with Crippen molar-refractivity contribution in [3.8, 4) is 0 Å². The third kappa shape index (κ3) is 3.78. The monoisotopic (exact) mass is 289 g/mol. The highest BCUT2D eigenvalue weighted by atomic mass is 16.5. The second kappa shape index (κ2) is 7.48. The van der Waals surface area contributed by atoms with Gasteiger partial charge >= 0.3 is 5.97 Å². The fraction of sp³-hybridized carbons (Fsp3) is 0.611. The van der Waals surface area contributed by atoms with Crippen LogP contribution in [0.15, 0.2) is 0 Å². The first-order valence-electron chi connectivity index (χ1n) is 8.19. The van der Waals surface area contributed by atoms with Gasteiger partial charge in [-0.1, -0.05) is 19.6 Å². The lowest BCUT2D eigenvalue weighted by Gasteiger charge is -2.15. The van der Waals surface area contributed by atoms with Crippen LogP contribution in [-0.2, 0) is 28.9 Å². The Bertz CT molecular complexity index is 585.